The molecule has 0 bridgehead atoms. The zero-order chi connectivity index (χ0) is 19.6. The quantitative estimate of drug-likeness (QED) is 0.622. The molecule has 3 rings (SSSR count). The van der Waals surface area contributed by atoms with Crippen LogP contribution in [0, 0.1) is 0 Å². The molecule has 0 atom stereocenters. The molecule has 0 saturated carbocycles. The molecule has 1 heterocycles. The van der Waals surface area contributed by atoms with Gasteiger partial charge in [0.1, 0.15) is 0 Å². The number of unbranched alkanes of at least 4 members (excludes halogenated alkanes) is 1. The second kappa shape index (κ2) is 11.0. The lowest BCUT2D eigenvalue weighted by Gasteiger charge is -2.34. The first kappa shape index (κ1) is 20.5. The van der Waals surface area contributed by atoms with E-state index < -0.39 is 0 Å². The van der Waals surface area contributed by atoms with Gasteiger partial charge in [-0.05, 0) is 49.2 Å². The number of hydrogen-bond donors (Lipinski definition) is 2. The van der Waals surface area contributed by atoms with Crippen LogP contribution in [0.2, 0.25) is 0 Å². The van der Waals surface area contributed by atoms with Gasteiger partial charge < -0.3 is 16.0 Å². The Labute approximate surface area is 168 Å². The first-order valence-electron chi connectivity index (χ1n) is 10.3. The van der Waals surface area contributed by atoms with Crippen molar-refractivity contribution in [2.24, 2.45) is 5.73 Å². The van der Waals surface area contributed by atoms with Gasteiger partial charge in [0, 0.05) is 44.8 Å². The Morgan fingerprint density at radius 3 is 2.36 bits per heavy atom. The summed E-state index contributed by atoms with van der Waals surface area (Å²) >= 11 is 0. The summed E-state index contributed by atoms with van der Waals surface area (Å²) in [6, 6.07) is 18.3. The van der Waals surface area contributed by atoms with E-state index in [0.717, 1.165) is 38.3 Å². The van der Waals surface area contributed by atoms with Gasteiger partial charge in [-0.25, -0.2) is 0 Å². The smallest absolute Gasteiger partial charge is 0.248 e. The lowest BCUT2D eigenvalue weighted by molar-refractivity contribution is 0.1000. The molecule has 0 radical (unpaired) electrons. The number of nitrogens with zero attached hydrogens (tertiary/aromatic N) is 2. The second-order valence-electron chi connectivity index (χ2n) is 7.55. The third-order valence-corrected chi connectivity index (χ3v) is 5.33. The molecular formula is C23H32N4O. The highest BCUT2D eigenvalue weighted by atomic mass is 16.1. The summed E-state index contributed by atoms with van der Waals surface area (Å²) in [4.78, 5) is 16.4. The second-order valence-corrected chi connectivity index (χ2v) is 7.55. The zero-order valence-corrected chi connectivity index (χ0v) is 16.6. The maximum atomic E-state index is 11.2. The third-order valence-electron chi connectivity index (χ3n) is 5.33. The highest BCUT2D eigenvalue weighted by Gasteiger charge is 2.16. The summed E-state index contributed by atoms with van der Waals surface area (Å²) in [6.07, 6.45) is 2.38. The van der Waals surface area contributed by atoms with Crippen molar-refractivity contribution in [3.8, 4) is 0 Å². The maximum Gasteiger partial charge on any atom is 0.248 e. The SMILES string of the molecule is NC(=O)c1cccc(CNCCCCN2CCN(Cc3ccccc3)CC2)c1. The predicted octanol–water partition coefficient (Wildman–Crippen LogP) is 2.47. The van der Waals surface area contributed by atoms with Gasteiger partial charge in [0.25, 0.3) is 0 Å². The first-order valence-corrected chi connectivity index (χ1v) is 10.3. The van der Waals surface area contributed by atoms with Crippen LogP contribution in [-0.2, 0) is 13.1 Å². The van der Waals surface area contributed by atoms with Gasteiger partial charge in [-0.3, -0.25) is 9.69 Å². The van der Waals surface area contributed by atoms with Crippen LogP contribution in [0.3, 0.4) is 0 Å². The minimum absolute atomic E-state index is 0.370. The summed E-state index contributed by atoms with van der Waals surface area (Å²) in [5, 5.41) is 3.46. The van der Waals surface area contributed by atoms with E-state index >= 15 is 0 Å². The Balaban J connectivity index is 1.24. The van der Waals surface area contributed by atoms with Gasteiger partial charge in [0.05, 0.1) is 0 Å². The molecule has 1 fully saturated rings. The molecule has 5 nitrogen and oxygen atoms in total. The Bertz CT molecular complexity index is 726. The average molecular weight is 381 g/mol. The highest BCUT2D eigenvalue weighted by Crippen LogP contribution is 2.09. The van der Waals surface area contributed by atoms with Crippen molar-refractivity contribution < 1.29 is 4.79 Å². The Morgan fingerprint density at radius 2 is 1.61 bits per heavy atom. The van der Waals surface area contributed by atoms with Gasteiger partial charge in [0.2, 0.25) is 5.91 Å². The molecule has 1 aliphatic rings. The molecule has 0 aromatic heterocycles. The topological polar surface area (TPSA) is 61.6 Å². The Hall–Kier alpha value is -2.21. The molecule has 5 heteroatoms. The summed E-state index contributed by atoms with van der Waals surface area (Å²) in [6.45, 7) is 8.66. The van der Waals surface area contributed by atoms with E-state index in [0.29, 0.717) is 5.56 Å². The summed E-state index contributed by atoms with van der Waals surface area (Å²) < 4.78 is 0. The Kier molecular flexibility index (Phi) is 8.03. The van der Waals surface area contributed by atoms with E-state index in [1.165, 1.54) is 38.0 Å². The number of hydrogen-bond acceptors (Lipinski definition) is 4. The normalized spacial score (nSPS) is 15.6. The van der Waals surface area contributed by atoms with Crippen LogP contribution in [0.25, 0.3) is 0 Å². The first-order chi connectivity index (χ1) is 13.7. The number of amides is 1. The number of carbonyl (C=O) groups is 1. The van der Waals surface area contributed by atoms with Crippen LogP contribution >= 0.6 is 0 Å². The minimum Gasteiger partial charge on any atom is -0.366 e. The van der Waals surface area contributed by atoms with Crippen LogP contribution in [-0.4, -0.2) is 55.0 Å². The van der Waals surface area contributed by atoms with E-state index in [2.05, 4.69) is 45.4 Å². The van der Waals surface area contributed by atoms with Crippen molar-refractivity contribution in [1.82, 2.24) is 15.1 Å². The molecule has 28 heavy (non-hydrogen) atoms. The van der Waals surface area contributed by atoms with Gasteiger partial charge in [-0.1, -0.05) is 42.5 Å². The van der Waals surface area contributed by atoms with Crippen LogP contribution in [0.5, 0.6) is 0 Å². The summed E-state index contributed by atoms with van der Waals surface area (Å²) in [5.74, 6) is -0.370. The van der Waals surface area contributed by atoms with Crippen LogP contribution in [0.1, 0.15) is 34.3 Å². The summed E-state index contributed by atoms with van der Waals surface area (Å²) in [7, 11) is 0. The fourth-order valence-electron chi connectivity index (χ4n) is 3.67. The molecular weight excluding hydrogens is 348 g/mol. The van der Waals surface area contributed by atoms with Crippen LogP contribution in [0.4, 0.5) is 0 Å². The minimum atomic E-state index is -0.370. The van der Waals surface area contributed by atoms with Gasteiger partial charge in [-0.2, -0.15) is 0 Å². The zero-order valence-electron chi connectivity index (χ0n) is 16.6. The molecule has 2 aromatic carbocycles. The van der Waals surface area contributed by atoms with Crippen LogP contribution in [0.15, 0.2) is 54.6 Å². The molecule has 150 valence electrons. The number of nitrogens with one attached hydrogen (secondary N) is 1. The highest BCUT2D eigenvalue weighted by molar-refractivity contribution is 5.92. The molecule has 2 aromatic rings. The number of nitrogens with two attached hydrogens (primary N) is 1. The third kappa shape index (κ3) is 6.75. The monoisotopic (exact) mass is 380 g/mol. The van der Waals surface area contributed by atoms with E-state index in [9.17, 15) is 4.79 Å². The lowest BCUT2D eigenvalue weighted by atomic mass is 10.1. The molecule has 1 amide bonds. The molecule has 1 aliphatic heterocycles. The number of benzene rings is 2. The van der Waals surface area contributed by atoms with Crippen molar-refractivity contribution in [2.75, 3.05) is 39.3 Å². The molecule has 1 saturated heterocycles. The Morgan fingerprint density at radius 1 is 0.893 bits per heavy atom. The number of rotatable bonds is 10. The summed E-state index contributed by atoms with van der Waals surface area (Å²) in [5.41, 5.74) is 8.41. The maximum absolute atomic E-state index is 11.2. The number of primary amides is 1. The lowest BCUT2D eigenvalue weighted by Crippen LogP contribution is -2.46. The van der Waals surface area contributed by atoms with Gasteiger partial charge >= 0.3 is 0 Å². The molecule has 0 aliphatic carbocycles. The fraction of sp³-hybridized carbons (Fsp3) is 0.435. The van der Waals surface area contributed by atoms with Crippen molar-refractivity contribution in [2.45, 2.75) is 25.9 Å². The van der Waals surface area contributed by atoms with E-state index in [4.69, 9.17) is 5.73 Å². The standard InChI is InChI=1S/C23H32N4O/c24-23(28)22-10-6-9-21(17-22)18-25-11-4-5-12-26-13-15-27(16-14-26)19-20-7-2-1-3-8-20/h1-3,6-10,17,25H,4-5,11-16,18-19H2,(H2,24,28). The van der Waals surface area contributed by atoms with E-state index in [1.807, 2.05) is 18.2 Å². The fourth-order valence-corrected chi connectivity index (χ4v) is 3.67. The van der Waals surface area contributed by atoms with Gasteiger partial charge in [0.15, 0.2) is 0 Å². The number of piperazine rings is 1. The van der Waals surface area contributed by atoms with Crippen molar-refractivity contribution in [3.63, 3.8) is 0 Å². The average Bonchev–Trinajstić information content (AvgIpc) is 2.73. The van der Waals surface area contributed by atoms with Crippen molar-refractivity contribution in [1.29, 1.82) is 0 Å². The van der Waals surface area contributed by atoms with E-state index in [-0.39, 0.29) is 5.91 Å². The van der Waals surface area contributed by atoms with Crippen LogP contribution < -0.4 is 11.1 Å². The number of carbonyl (C=O) groups excluding carboxylic acids is 1. The van der Waals surface area contributed by atoms with Gasteiger partial charge in [-0.15, -0.1) is 0 Å². The largest absolute Gasteiger partial charge is 0.366 e. The molecule has 3 N–H and O–H groups in total. The predicted molar refractivity (Wildman–Crippen MR) is 114 cm³/mol. The van der Waals surface area contributed by atoms with Crippen molar-refractivity contribution in [3.05, 3.63) is 71.3 Å². The van der Waals surface area contributed by atoms with Crippen molar-refractivity contribution >= 4 is 5.91 Å². The van der Waals surface area contributed by atoms with E-state index in [1.54, 1.807) is 6.07 Å². The molecule has 0 spiro atoms. The molecule has 0 unspecified atom stereocenters.